The summed E-state index contributed by atoms with van der Waals surface area (Å²) < 4.78 is 1.41. The third-order valence-corrected chi connectivity index (χ3v) is 5.26. The largest absolute Gasteiger partial charge is 0.505 e. The van der Waals surface area contributed by atoms with E-state index in [0.717, 1.165) is 5.39 Å². The van der Waals surface area contributed by atoms with Crippen LogP contribution >= 0.6 is 0 Å². The molecule has 0 unspecified atom stereocenters. The number of amides is 1. The summed E-state index contributed by atoms with van der Waals surface area (Å²) in [7, 11) is 0. The highest BCUT2D eigenvalue weighted by Crippen LogP contribution is 2.36. The number of anilines is 3. The number of para-hydroxylation sites is 1. The average Bonchev–Trinajstić information content (AvgIpc) is 3.32. The summed E-state index contributed by atoms with van der Waals surface area (Å²) in [5.74, 6) is -0.0440. The van der Waals surface area contributed by atoms with Gasteiger partial charge in [0.1, 0.15) is 17.3 Å². The van der Waals surface area contributed by atoms with Gasteiger partial charge < -0.3 is 10.4 Å². The van der Waals surface area contributed by atoms with E-state index in [9.17, 15) is 15.2 Å². The normalized spacial score (nSPS) is 10.5. The summed E-state index contributed by atoms with van der Waals surface area (Å²) in [5.41, 5.74) is 7.09. The molecule has 170 valence electrons. The van der Waals surface area contributed by atoms with Crippen LogP contribution in [0.4, 0.5) is 17.2 Å². The van der Waals surface area contributed by atoms with Crippen LogP contribution in [0, 0.1) is 11.3 Å². The van der Waals surface area contributed by atoms with Gasteiger partial charge in [-0.15, -0.1) is 0 Å². The molecule has 0 saturated carbocycles. The van der Waals surface area contributed by atoms with Crippen molar-refractivity contribution in [3.05, 3.63) is 96.6 Å². The van der Waals surface area contributed by atoms with Gasteiger partial charge in [-0.3, -0.25) is 20.6 Å². The number of aromatic nitrogens is 4. The highest BCUT2D eigenvalue weighted by atomic mass is 16.3. The predicted octanol–water partition coefficient (Wildman–Crippen LogP) is 4.08. The quantitative estimate of drug-likeness (QED) is 0.218. The first kappa shape index (κ1) is 21.4. The van der Waals surface area contributed by atoms with E-state index >= 15 is 0 Å². The van der Waals surface area contributed by atoms with Gasteiger partial charge in [-0.25, -0.2) is 4.98 Å². The number of carbonyl (C=O) groups is 1. The van der Waals surface area contributed by atoms with Crippen molar-refractivity contribution in [1.29, 1.82) is 5.26 Å². The van der Waals surface area contributed by atoms with Crippen LogP contribution in [-0.4, -0.2) is 30.8 Å². The van der Waals surface area contributed by atoms with Crippen LogP contribution in [0.3, 0.4) is 0 Å². The third kappa shape index (κ3) is 4.17. The Labute approximate surface area is 199 Å². The van der Waals surface area contributed by atoms with Crippen LogP contribution in [0.1, 0.15) is 15.9 Å². The number of hydrogen-bond donors (Lipinski definition) is 4. The Morgan fingerprint density at radius 1 is 1.00 bits per heavy atom. The van der Waals surface area contributed by atoms with Crippen molar-refractivity contribution in [1.82, 2.24) is 19.7 Å². The summed E-state index contributed by atoms with van der Waals surface area (Å²) in [4.78, 5) is 21.3. The Morgan fingerprint density at radius 3 is 2.57 bits per heavy atom. The lowest BCUT2D eigenvalue weighted by Gasteiger charge is -2.17. The Kier molecular flexibility index (Phi) is 5.63. The molecule has 1 amide bonds. The van der Waals surface area contributed by atoms with Crippen molar-refractivity contribution >= 4 is 33.9 Å². The second kappa shape index (κ2) is 9.21. The molecule has 5 rings (SSSR count). The number of hydrazine groups is 1. The molecule has 2 heterocycles. The summed E-state index contributed by atoms with van der Waals surface area (Å²) in [6, 6.07) is 20.0. The van der Waals surface area contributed by atoms with Gasteiger partial charge in [-0.1, -0.05) is 42.5 Å². The van der Waals surface area contributed by atoms with Crippen molar-refractivity contribution in [3.63, 3.8) is 0 Å². The van der Waals surface area contributed by atoms with E-state index in [1.54, 1.807) is 30.3 Å². The molecule has 2 aromatic heterocycles. The molecule has 0 fully saturated rings. The molecule has 0 aliphatic heterocycles. The number of carbonyl (C=O) groups excluding carboxylic acids is 1. The fraction of sp³-hybridized carbons (Fsp3) is 0. The van der Waals surface area contributed by atoms with Crippen molar-refractivity contribution in [2.24, 2.45) is 0 Å². The number of nitrogens with zero attached hydrogens (tertiary/aromatic N) is 5. The first-order valence-electron chi connectivity index (χ1n) is 10.5. The molecule has 3 aromatic carbocycles. The van der Waals surface area contributed by atoms with Gasteiger partial charge in [-0.05, 0) is 23.6 Å². The Morgan fingerprint density at radius 2 is 1.80 bits per heavy atom. The molecule has 0 aliphatic rings. The van der Waals surface area contributed by atoms with Crippen molar-refractivity contribution in [2.45, 2.75) is 0 Å². The first-order valence-corrected chi connectivity index (χ1v) is 10.5. The van der Waals surface area contributed by atoms with E-state index in [2.05, 4.69) is 37.3 Å². The molecule has 0 aliphatic carbocycles. The molecule has 0 atom stereocenters. The van der Waals surface area contributed by atoms with Crippen molar-refractivity contribution < 1.29 is 9.90 Å². The van der Waals surface area contributed by atoms with Gasteiger partial charge in [0.2, 0.25) is 0 Å². The van der Waals surface area contributed by atoms with E-state index in [4.69, 9.17) is 0 Å². The number of rotatable bonds is 6. The van der Waals surface area contributed by atoms with Gasteiger partial charge in [0.05, 0.1) is 18.0 Å². The van der Waals surface area contributed by atoms with E-state index in [0.29, 0.717) is 16.9 Å². The number of phenols is 1. The zero-order valence-corrected chi connectivity index (χ0v) is 18.2. The van der Waals surface area contributed by atoms with Crippen LogP contribution in [-0.2, 0) is 0 Å². The van der Waals surface area contributed by atoms with Crippen LogP contribution in [0.25, 0.3) is 16.6 Å². The summed E-state index contributed by atoms with van der Waals surface area (Å²) >= 11 is 0. The van der Waals surface area contributed by atoms with Crippen LogP contribution in [0.2, 0.25) is 0 Å². The molecule has 0 radical (unpaired) electrons. The lowest BCUT2D eigenvalue weighted by atomic mass is 10.0. The second-order valence-corrected chi connectivity index (χ2v) is 7.43. The van der Waals surface area contributed by atoms with Crippen LogP contribution in [0.15, 0.2) is 85.5 Å². The zero-order valence-electron chi connectivity index (χ0n) is 18.2. The Hall–Kier alpha value is -5.43. The SMILES string of the molecule is N#Cc1cnn(-c2cnccn2)c1NNc1c(O)c(C(=O)Nc2ccccc2)cc2ccccc12. The maximum atomic E-state index is 13.0. The maximum Gasteiger partial charge on any atom is 0.259 e. The van der Waals surface area contributed by atoms with Crippen LogP contribution in [0.5, 0.6) is 5.75 Å². The summed E-state index contributed by atoms with van der Waals surface area (Å²) in [5, 5.41) is 29.0. The molecule has 10 heteroatoms. The summed E-state index contributed by atoms with van der Waals surface area (Å²) in [6.45, 7) is 0. The van der Waals surface area contributed by atoms with E-state index < -0.39 is 5.91 Å². The smallest absolute Gasteiger partial charge is 0.259 e. The zero-order chi connectivity index (χ0) is 24.2. The number of fused-ring (bicyclic) bond motifs is 1. The molecular weight excluding hydrogens is 444 g/mol. The van der Waals surface area contributed by atoms with Crippen molar-refractivity contribution in [3.8, 4) is 17.6 Å². The van der Waals surface area contributed by atoms with E-state index in [1.165, 1.54) is 29.5 Å². The fourth-order valence-electron chi connectivity index (χ4n) is 3.60. The number of hydrogen-bond acceptors (Lipinski definition) is 8. The number of nitriles is 1. The van der Waals surface area contributed by atoms with E-state index in [1.807, 2.05) is 30.3 Å². The van der Waals surface area contributed by atoms with Gasteiger partial charge in [-0.2, -0.15) is 15.0 Å². The minimum absolute atomic E-state index is 0.0831. The number of phenolic OH excluding ortho intramolecular Hbond substituents is 1. The molecular formula is C25H18N8O2. The molecule has 0 saturated heterocycles. The first-order chi connectivity index (χ1) is 17.2. The van der Waals surface area contributed by atoms with Gasteiger partial charge in [0.25, 0.3) is 5.91 Å². The highest BCUT2D eigenvalue weighted by Gasteiger charge is 2.20. The Balaban J connectivity index is 1.53. The topological polar surface area (TPSA) is 141 Å². The lowest BCUT2D eigenvalue weighted by Crippen LogP contribution is -2.17. The Bertz CT molecular complexity index is 1560. The van der Waals surface area contributed by atoms with Crippen LogP contribution < -0.4 is 16.2 Å². The van der Waals surface area contributed by atoms with Gasteiger partial charge in [0, 0.05) is 23.5 Å². The van der Waals surface area contributed by atoms with Gasteiger partial charge >= 0.3 is 0 Å². The minimum atomic E-state index is -0.468. The molecule has 10 nitrogen and oxygen atoms in total. The molecule has 0 spiro atoms. The standard InChI is InChI=1S/C25H18N8O2/c26-13-17-14-29-33(21-15-27-10-11-28-21)24(17)32-31-22-19-9-5-4-6-16(19)12-20(23(22)34)25(35)30-18-7-2-1-3-8-18/h1-12,14-15,31-32,34H,(H,30,35). The average molecular weight is 462 g/mol. The summed E-state index contributed by atoms with van der Waals surface area (Å²) in [6.07, 6.45) is 5.93. The highest BCUT2D eigenvalue weighted by molar-refractivity contribution is 6.12. The lowest BCUT2D eigenvalue weighted by molar-refractivity contribution is 0.102. The number of benzene rings is 3. The molecule has 35 heavy (non-hydrogen) atoms. The number of nitrogens with one attached hydrogen (secondary N) is 3. The monoisotopic (exact) mass is 462 g/mol. The second-order valence-electron chi connectivity index (χ2n) is 7.43. The molecule has 4 N–H and O–H groups in total. The minimum Gasteiger partial charge on any atom is -0.505 e. The number of aromatic hydroxyl groups is 1. The third-order valence-electron chi connectivity index (χ3n) is 5.26. The predicted molar refractivity (Wildman–Crippen MR) is 131 cm³/mol. The molecule has 0 bridgehead atoms. The van der Waals surface area contributed by atoms with Crippen molar-refractivity contribution in [2.75, 3.05) is 16.2 Å². The molecule has 5 aromatic rings. The fourth-order valence-corrected chi connectivity index (χ4v) is 3.60. The maximum absolute atomic E-state index is 13.0. The van der Waals surface area contributed by atoms with E-state index in [-0.39, 0.29) is 28.4 Å². The van der Waals surface area contributed by atoms with Gasteiger partial charge in [0.15, 0.2) is 17.4 Å².